The summed E-state index contributed by atoms with van der Waals surface area (Å²) in [4.78, 5) is 24.0. The van der Waals surface area contributed by atoms with Crippen molar-refractivity contribution in [1.82, 2.24) is 14.9 Å². The number of aryl methyl sites for hydroxylation is 2. The summed E-state index contributed by atoms with van der Waals surface area (Å²) in [5, 5.41) is 8.81. The summed E-state index contributed by atoms with van der Waals surface area (Å²) >= 11 is 0. The maximum absolute atomic E-state index is 10.7. The van der Waals surface area contributed by atoms with Crippen LogP contribution in [0.15, 0.2) is 6.07 Å². The van der Waals surface area contributed by atoms with Crippen LogP contribution in [0.3, 0.4) is 0 Å². The molecule has 6 nitrogen and oxygen atoms in total. The molecule has 1 aromatic rings. The second kappa shape index (κ2) is 6.65. The van der Waals surface area contributed by atoms with Crippen LogP contribution in [-0.2, 0) is 17.6 Å². The number of piperazine rings is 1. The third-order valence-corrected chi connectivity index (χ3v) is 3.55. The number of anilines is 1. The standard InChI is InChI=1S/C14H22N4O2/c1-3-11-9-13(16-12(4-2)15-11)18-7-5-17(6-8-18)10-14(19)20/h9H,3-8,10H2,1-2H3,(H,19,20). The van der Waals surface area contributed by atoms with Gasteiger partial charge in [-0.1, -0.05) is 13.8 Å². The van der Waals surface area contributed by atoms with Gasteiger partial charge in [0.25, 0.3) is 0 Å². The number of hydrogen-bond donors (Lipinski definition) is 1. The molecule has 1 aliphatic rings. The topological polar surface area (TPSA) is 69.6 Å². The predicted octanol–water partition coefficient (Wildman–Crippen LogP) is 0.808. The minimum atomic E-state index is -0.762. The van der Waals surface area contributed by atoms with Crippen molar-refractivity contribution in [2.24, 2.45) is 0 Å². The highest BCUT2D eigenvalue weighted by Gasteiger charge is 2.20. The lowest BCUT2D eigenvalue weighted by Crippen LogP contribution is -2.48. The van der Waals surface area contributed by atoms with E-state index in [1.165, 1.54) is 0 Å². The van der Waals surface area contributed by atoms with Crippen LogP contribution in [0.5, 0.6) is 0 Å². The third kappa shape index (κ3) is 3.66. The maximum atomic E-state index is 10.7. The molecule has 0 amide bonds. The van der Waals surface area contributed by atoms with E-state index >= 15 is 0 Å². The van der Waals surface area contributed by atoms with Crippen LogP contribution in [0, 0.1) is 0 Å². The normalized spacial score (nSPS) is 16.4. The predicted molar refractivity (Wildman–Crippen MR) is 77.1 cm³/mol. The molecule has 1 aromatic heterocycles. The minimum Gasteiger partial charge on any atom is -0.480 e. The summed E-state index contributed by atoms with van der Waals surface area (Å²) in [5.74, 6) is 1.10. The van der Waals surface area contributed by atoms with E-state index < -0.39 is 5.97 Å². The van der Waals surface area contributed by atoms with E-state index in [1.807, 2.05) is 11.0 Å². The number of carboxylic acids is 1. The fourth-order valence-electron chi connectivity index (χ4n) is 2.36. The Morgan fingerprint density at radius 3 is 2.45 bits per heavy atom. The molecule has 2 rings (SSSR count). The van der Waals surface area contributed by atoms with Crippen LogP contribution in [0.2, 0.25) is 0 Å². The zero-order valence-electron chi connectivity index (χ0n) is 12.2. The summed E-state index contributed by atoms with van der Waals surface area (Å²) in [6, 6.07) is 2.05. The largest absolute Gasteiger partial charge is 0.480 e. The van der Waals surface area contributed by atoms with Crippen LogP contribution >= 0.6 is 0 Å². The monoisotopic (exact) mass is 278 g/mol. The fourth-order valence-corrected chi connectivity index (χ4v) is 2.36. The Balaban J connectivity index is 2.04. The molecule has 0 spiro atoms. The molecule has 1 N–H and O–H groups in total. The van der Waals surface area contributed by atoms with Gasteiger partial charge in [0.2, 0.25) is 0 Å². The van der Waals surface area contributed by atoms with Gasteiger partial charge in [0, 0.05) is 44.4 Å². The Morgan fingerprint density at radius 2 is 1.90 bits per heavy atom. The Morgan fingerprint density at radius 1 is 1.20 bits per heavy atom. The molecule has 1 fully saturated rings. The average Bonchev–Trinajstić information content (AvgIpc) is 2.46. The number of aromatic nitrogens is 2. The maximum Gasteiger partial charge on any atom is 0.317 e. The first-order valence-corrected chi connectivity index (χ1v) is 7.18. The third-order valence-electron chi connectivity index (χ3n) is 3.55. The van der Waals surface area contributed by atoms with Gasteiger partial charge in [0.1, 0.15) is 11.6 Å². The summed E-state index contributed by atoms with van der Waals surface area (Å²) < 4.78 is 0. The van der Waals surface area contributed by atoms with Gasteiger partial charge in [-0.05, 0) is 6.42 Å². The molecule has 0 saturated carbocycles. The molecular formula is C14H22N4O2. The van der Waals surface area contributed by atoms with Crippen molar-refractivity contribution in [3.05, 3.63) is 17.6 Å². The van der Waals surface area contributed by atoms with Crippen LogP contribution < -0.4 is 4.90 Å². The molecule has 0 unspecified atom stereocenters. The molecule has 0 aliphatic carbocycles. The molecule has 2 heterocycles. The quantitative estimate of drug-likeness (QED) is 0.859. The molecule has 1 aliphatic heterocycles. The number of carbonyl (C=O) groups is 1. The van der Waals surface area contributed by atoms with E-state index in [0.29, 0.717) is 0 Å². The van der Waals surface area contributed by atoms with Gasteiger partial charge in [0.15, 0.2) is 0 Å². The van der Waals surface area contributed by atoms with E-state index in [1.54, 1.807) is 0 Å². The Labute approximate surface area is 119 Å². The average molecular weight is 278 g/mol. The number of rotatable bonds is 5. The van der Waals surface area contributed by atoms with Crippen molar-refractivity contribution < 1.29 is 9.90 Å². The van der Waals surface area contributed by atoms with Crippen LogP contribution in [-0.4, -0.2) is 58.7 Å². The smallest absolute Gasteiger partial charge is 0.317 e. The SMILES string of the molecule is CCc1cc(N2CCN(CC(=O)O)CC2)nc(CC)n1. The lowest BCUT2D eigenvalue weighted by Gasteiger charge is -2.34. The van der Waals surface area contributed by atoms with Crippen LogP contribution in [0.25, 0.3) is 0 Å². The van der Waals surface area contributed by atoms with Crippen molar-refractivity contribution in [3.63, 3.8) is 0 Å². The van der Waals surface area contributed by atoms with Crippen LogP contribution in [0.4, 0.5) is 5.82 Å². The second-order valence-electron chi connectivity index (χ2n) is 5.00. The summed E-state index contributed by atoms with van der Waals surface area (Å²) in [7, 11) is 0. The van der Waals surface area contributed by atoms with Crippen molar-refractivity contribution in [2.45, 2.75) is 26.7 Å². The lowest BCUT2D eigenvalue weighted by atomic mass is 10.2. The second-order valence-corrected chi connectivity index (χ2v) is 5.00. The number of hydrogen-bond acceptors (Lipinski definition) is 5. The molecule has 20 heavy (non-hydrogen) atoms. The van der Waals surface area contributed by atoms with Gasteiger partial charge >= 0.3 is 5.97 Å². The molecule has 0 atom stereocenters. The Kier molecular flexibility index (Phi) is 4.89. The van der Waals surface area contributed by atoms with E-state index in [0.717, 1.165) is 56.4 Å². The first-order chi connectivity index (χ1) is 9.62. The van der Waals surface area contributed by atoms with Crippen LogP contribution in [0.1, 0.15) is 25.4 Å². The molecule has 110 valence electrons. The first kappa shape index (κ1) is 14.7. The first-order valence-electron chi connectivity index (χ1n) is 7.18. The molecular weight excluding hydrogens is 256 g/mol. The summed E-state index contributed by atoms with van der Waals surface area (Å²) in [6.07, 6.45) is 1.74. The molecule has 1 saturated heterocycles. The Hall–Kier alpha value is -1.69. The summed E-state index contributed by atoms with van der Waals surface area (Å²) in [6.45, 7) is 7.43. The Bertz CT molecular complexity index is 448. The highest BCUT2D eigenvalue weighted by molar-refractivity contribution is 5.69. The van der Waals surface area contributed by atoms with E-state index in [2.05, 4.69) is 28.7 Å². The van der Waals surface area contributed by atoms with E-state index in [-0.39, 0.29) is 6.54 Å². The van der Waals surface area contributed by atoms with E-state index in [4.69, 9.17) is 5.11 Å². The van der Waals surface area contributed by atoms with Crippen molar-refractivity contribution >= 4 is 11.8 Å². The zero-order chi connectivity index (χ0) is 14.5. The molecule has 0 bridgehead atoms. The van der Waals surface area contributed by atoms with Gasteiger partial charge in [-0.2, -0.15) is 0 Å². The van der Waals surface area contributed by atoms with Crippen molar-refractivity contribution in [3.8, 4) is 0 Å². The highest BCUT2D eigenvalue weighted by atomic mass is 16.4. The summed E-state index contributed by atoms with van der Waals surface area (Å²) in [5.41, 5.74) is 1.07. The molecule has 6 heteroatoms. The highest BCUT2D eigenvalue weighted by Crippen LogP contribution is 2.16. The van der Waals surface area contributed by atoms with Gasteiger partial charge in [-0.15, -0.1) is 0 Å². The molecule has 0 radical (unpaired) electrons. The van der Waals surface area contributed by atoms with Gasteiger partial charge < -0.3 is 10.0 Å². The minimum absolute atomic E-state index is 0.123. The number of nitrogens with zero attached hydrogens (tertiary/aromatic N) is 4. The van der Waals surface area contributed by atoms with Crippen molar-refractivity contribution in [2.75, 3.05) is 37.6 Å². The van der Waals surface area contributed by atoms with Gasteiger partial charge in [-0.3, -0.25) is 9.69 Å². The van der Waals surface area contributed by atoms with Gasteiger partial charge in [-0.25, -0.2) is 9.97 Å². The van der Waals surface area contributed by atoms with Gasteiger partial charge in [0.05, 0.1) is 6.54 Å². The number of aliphatic carboxylic acids is 1. The van der Waals surface area contributed by atoms with Crippen molar-refractivity contribution in [1.29, 1.82) is 0 Å². The zero-order valence-corrected chi connectivity index (χ0v) is 12.2. The lowest BCUT2D eigenvalue weighted by molar-refractivity contribution is -0.138. The van der Waals surface area contributed by atoms with E-state index in [9.17, 15) is 4.79 Å². The number of carboxylic acid groups (broad SMARTS) is 1. The fraction of sp³-hybridized carbons (Fsp3) is 0.643. The molecule has 0 aromatic carbocycles.